The zero-order valence-electron chi connectivity index (χ0n) is 17.6. The van der Waals surface area contributed by atoms with Crippen molar-refractivity contribution in [3.63, 3.8) is 0 Å². The minimum absolute atomic E-state index is 0.0412. The van der Waals surface area contributed by atoms with Gasteiger partial charge in [-0.25, -0.2) is 0 Å². The summed E-state index contributed by atoms with van der Waals surface area (Å²) in [6.07, 6.45) is 5.49. The molecule has 1 heterocycles. The maximum Gasteiger partial charge on any atom is 0.303 e. The Morgan fingerprint density at radius 2 is 1.77 bits per heavy atom. The lowest BCUT2D eigenvalue weighted by Crippen LogP contribution is -2.24. The van der Waals surface area contributed by atoms with Crippen LogP contribution in [0.2, 0.25) is 0 Å². The monoisotopic (exact) mass is 418 g/mol. The largest absolute Gasteiger partial charge is 0.494 e. The van der Waals surface area contributed by atoms with Gasteiger partial charge >= 0.3 is 5.97 Å². The van der Waals surface area contributed by atoms with Crippen molar-refractivity contribution in [2.24, 2.45) is 0 Å². The number of aryl methyl sites for hydroxylation is 1. The van der Waals surface area contributed by atoms with Crippen LogP contribution in [0.3, 0.4) is 0 Å². The van der Waals surface area contributed by atoms with E-state index in [0.717, 1.165) is 12.2 Å². The molecule has 0 fully saturated rings. The van der Waals surface area contributed by atoms with Crippen LogP contribution in [-0.4, -0.2) is 50.3 Å². The van der Waals surface area contributed by atoms with E-state index in [1.807, 2.05) is 12.1 Å². The first-order valence-electron chi connectivity index (χ1n) is 10.4. The molecule has 1 N–H and O–H groups in total. The second-order valence-corrected chi connectivity index (χ2v) is 7.08. The number of nitrogens with zero attached hydrogens (tertiary/aromatic N) is 4. The van der Waals surface area contributed by atoms with Crippen molar-refractivity contribution in [3.8, 4) is 11.5 Å². The number of carbonyl (C=O) groups excluding carboxylic acids is 1. The Hall–Kier alpha value is -2.97. The van der Waals surface area contributed by atoms with E-state index < -0.39 is 12.0 Å². The Morgan fingerprint density at radius 1 is 1.07 bits per heavy atom. The first-order valence-corrected chi connectivity index (χ1v) is 10.4. The van der Waals surface area contributed by atoms with Gasteiger partial charge in [-0.2, -0.15) is 4.80 Å². The average Bonchev–Trinajstić information content (AvgIpc) is 3.20. The summed E-state index contributed by atoms with van der Waals surface area (Å²) in [6, 6.07) is 6.56. The zero-order valence-corrected chi connectivity index (χ0v) is 17.6. The molecule has 0 spiro atoms. The summed E-state index contributed by atoms with van der Waals surface area (Å²) in [5, 5.41) is 20.6. The normalized spacial score (nSPS) is 11.8. The van der Waals surface area contributed by atoms with E-state index in [0.29, 0.717) is 31.0 Å². The van der Waals surface area contributed by atoms with Crippen molar-refractivity contribution in [2.45, 2.75) is 64.8 Å². The number of rotatable bonds is 15. The molecule has 0 amide bonds. The van der Waals surface area contributed by atoms with Crippen LogP contribution < -0.4 is 9.47 Å². The first kappa shape index (κ1) is 23.3. The molecule has 0 saturated carbocycles. The van der Waals surface area contributed by atoms with Gasteiger partial charge in [0.15, 0.2) is 11.6 Å². The molecule has 1 aromatic heterocycles. The smallest absolute Gasteiger partial charge is 0.303 e. The second kappa shape index (κ2) is 12.6. The predicted octanol–water partition coefficient (Wildman–Crippen LogP) is 3.25. The molecule has 0 aliphatic heterocycles. The zero-order chi connectivity index (χ0) is 21.8. The van der Waals surface area contributed by atoms with Crippen LogP contribution >= 0.6 is 0 Å². The van der Waals surface area contributed by atoms with Crippen LogP contribution in [0.4, 0.5) is 0 Å². The summed E-state index contributed by atoms with van der Waals surface area (Å²) in [4.78, 5) is 24.2. The molecular weight excluding hydrogens is 388 g/mol. The molecule has 9 nitrogen and oxygen atoms in total. The van der Waals surface area contributed by atoms with E-state index >= 15 is 0 Å². The molecule has 0 aliphatic rings. The summed E-state index contributed by atoms with van der Waals surface area (Å²) in [7, 11) is 0. The van der Waals surface area contributed by atoms with Gasteiger partial charge in [0, 0.05) is 12.8 Å². The van der Waals surface area contributed by atoms with Gasteiger partial charge in [-0.15, -0.1) is 10.2 Å². The van der Waals surface area contributed by atoms with Gasteiger partial charge in [0.2, 0.25) is 0 Å². The highest BCUT2D eigenvalue weighted by molar-refractivity contribution is 5.83. The molecule has 1 aromatic carbocycles. The van der Waals surface area contributed by atoms with E-state index in [4.69, 9.17) is 14.6 Å². The number of hydrogen-bond acceptors (Lipinski definition) is 7. The third kappa shape index (κ3) is 8.18. The number of Topliss-reactive ketones (excluding diaryl/α,β-unsaturated/α-hetero) is 1. The van der Waals surface area contributed by atoms with Crippen LogP contribution in [0.1, 0.15) is 64.2 Å². The lowest BCUT2D eigenvalue weighted by atomic mass is 10.2. The van der Waals surface area contributed by atoms with Crippen molar-refractivity contribution in [2.75, 3.05) is 13.2 Å². The summed E-state index contributed by atoms with van der Waals surface area (Å²) in [5.41, 5.74) is 0. The Morgan fingerprint density at radius 3 is 2.43 bits per heavy atom. The van der Waals surface area contributed by atoms with Crippen LogP contribution in [0.15, 0.2) is 24.3 Å². The van der Waals surface area contributed by atoms with Crippen LogP contribution in [-0.2, 0) is 16.0 Å². The van der Waals surface area contributed by atoms with Gasteiger partial charge in [-0.05, 0) is 49.2 Å². The summed E-state index contributed by atoms with van der Waals surface area (Å²) >= 11 is 0. The minimum Gasteiger partial charge on any atom is -0.494 e. The maximum absolute atomic E-state index is 12.4. The second-order valence-electron chi connectivity index (χ2n) is 7.08. The number of aromatic nitrogens is 4. The number of benzene rings is 1. The number of unbranched alkanes of at least 4 members (excludes halogenated alkanes) is 3. The predicted molar refractivity (Wildman–Crippen MR) is 110 cm³/mol. The molecule has 0 bridgehead atoms. The fourth-order valence-corrected chi connectivity index (χ4v) is 2.67. The van der Waals surface area contributed by atoms with E-state index in [1.54, 1.807) is 19.1 Å². The van der Waals surface area contributed by atoms with Gasteiger partial charge in [0.1, 0.15) is 24.1 Å². The van der Waals surface area contributed by atoms with Gasteiger partial charge in [0.05, 0.1) is 6.61 Å². The minimum atomic E-state index is -0.866. The fraction of sp³-hybridized carbons (Fsp3) is 0.571. The molecule has 1 atom stereocenters. The highest BCUT2D eigenvalue weighted by Crippen LogP contribution is 2.18. The summed E-state index contributed by atoms with van der Waals surface area (Å²) < 4.78 is 11.3. The quantitative estimate of drug-likeness (QED) is 0.438. The fourth-order valence-electron chi connectivity index (χ4n) is 2.67. The lowest BCUT2D eigenvalue weighted by molar-refractivity contribution is -0.137. The average molecular weight is 418 g/mol. The molecular formula is C21H30N4O5. The number of ether oxygens (including phenoxy) is 2. The number of carbonyl (C=O) groups is 2. The Kier molecular flexibility index (Phi) is 9.76. The SMILES string of the molecule is CCCCCCOc1ccc(OCC(=O)C(C)n2nnc(CCCC(=O)O)n2)cc1. The van der Waals surface area contributed by atoms with E-state index in [1.165, 1.54) is 24.1 Å². The van der Waals surface area contributed by atoms with Crippen LogP contribution in [0.25, 0.3) is 0 Å². The third-order valence-corrected chi connectivity index (χ3v) is 4.54. The third-order valence-electron chi connectivity index (χ3n) is 4.54. The number of hydrogen-bond donors (Lipinski definition) is 1. The van der Waals surface area contributed by atoms with Crippen molar-refractivity contribution in [1.29, 1.82) is 0 Å². The number of ketones is 1. The molecule has 2 rings (SSSR count). The first-order chi connectivity index (χ1) is 14.5. The van der Waals surface area contributed by atoms with Crippen LogP contribution in [0, 0.1) is 0 Å². The van der Waals surface area contributed by atoms with Gasteiger partial charge in [-0.1, -0.05) is 26.2 Å². The van der Waals surface area contributed by atoms with E-state index in [9.17, 15) is 9.59 Å². The topological polar surface area (TPSA) is 116 Å². The molecule has 0 aliphatic carbocycles. The molecule has 30 heavy (non-hydrogen) atoms. The van der Waals surface area contributed by atoms with Crippen molar-refractivity contribution in [3.05, 3.63) is 30.1 Å². The Labute approximate surface area is 176 Å². The van der Waals surface area contributed by atoms with Crippen molar-refractivity contribution >= 4 is 11.8 Å². The van der Waals surface area contributed by atoms with Gasteiger partial charge < -0.3 is 14.6 Å². The summed E-state index contributed by atoms with van der Waals surface area (Å²) in [6.45, 7) is 4.42. The Balaban J connectivity index is 1.74. The highest BCUT2D eigenvalue weighted by atomic mass is 16.5. The summed E-state index contributed by atoms with van der Waals surface area (Å²) in [5.74, 6) is 0.716. The number of carboxylic acids is 1. The van der Waals surface area contributed by atoms with E-state index in [-0.39, 0.29) is 18.8 Å². The molecule has 2 aromatic rings. The lowest BCUT2D eigenvalue weighted by Gasteiger charge is -2.11. The number of tetrazole rings is 1. The molecule has 164 valence electrons. The van der Waals surface area contributed by atoms with Crippen molar-refractivity contribution in [1.82, 2.24) is 20.2 Å². The van der Waals surface area contributed by atoms with E-state index in [2.05, 4.69) is 22.3 Å². The van der Waals surface area contributed by atoms with Crippen molar-refractivity contribution < 1.29 is 24.2 Å². The molecule has 0 radical (unpaired) electrons. The van der Waals surface area contributed by atoms with Crippen LogP contribution in [0.5, 0.6) is 11.5 Å². The molecule has 9 heteroatoms. The maximum atomic E-state index is 12.4. The Bertz CT molecular complexity index is 791. The number of carboxylic acid groups (broad SMARTS) is 1. The molecule has 0 saturated heterocycles. The van der Waals surface area contributed by atoms with Gasteiger partial charge in [-0.3, -0.25) is 9.59 Å². The standard InChI is InChI=1S/C21H30N4O5/c1-3-4-5-6-14-29-17-10-12-18(13-11-17)30-15-19(26)16(2)25-23-20(22-24-25)8-7-9-21(27)28/h10-13,16H,3-9,14-15H2,1-2H3,(H,27,28). The number of aliphatic carboxylic acids is 1. The highest BCUT2D eigenvalue weighted by Gasteiger charge is 2.19. The van der Waals surface area contributed by atoms with Gasteiger partial charge in [0.25, 0.3) is 0 Å². The molecule has 1 unspecified atom stereocenters.